The number of hydrogen-bond acceptors (Lipinski definition) is 5. The molecule has 0 saturated heterocycles. The minimum atomic E-state index is -0.354. The number of nitrogens with two attached hydrogens (primary N) is 1. The van der Waals surface area contributed by atoms with E-state index in [1.165, 1.54) is 24.4 Å². The summed E-state index contributed by atoms with van der Waals surface area (Å²) in [6.07, 6.45) is 2.90. The number of carbonyl (C=O) groups excluding carboxylic acids is 2. The molecule has 2 amide bonds. The summed E-state index contributed by atoms with van der Waals surface area (Å²) in [5.74, 6) is -0.103. The van der Waals surface area contributed by atoms with Crippen molar-refractivity contribution >= 4 is 17.5 Å². The zero-order valence-electron chi connectivity index (χ0n) is 11.4. The van der Waals surface area contributed by atoms with Crippen molar-refractivity contribution in [3.8, 4) is 5.75 Å². The van der Waals surface area contributed by atoms with Gasteiger partial charge in [-0.25, -0.2) is 0 Å². The van der Waals surface area contributed by atoms with Crippen molar-refractivity contribution in [3.05, 3.63) is 53.3 Å². The van der Waals surface area contributed by atoms with Crippen molar-refractivity contribution in [3.63, 3.8) is 0 Å². The molecule has 0 spiro atoms. The number of ether oxygens (including phenoxy) is 1. The Kier molecular flexibility index (Phi) is 3.06. The zero-order valence-corrected chi connectivity index (χ0v) is 11.4. The fourth-order valence-corrected chi connectivity index (χ4v) is 2.37. The van der Waals surface area contributed by atoms with Crippen molar-refractivity contribution in [2.24, 2.45) is 0 Å². The second-order valence-corrected chi connectivity index (χ2v) is 4.69. The number of carbonyl (C=O) groups is 2. The maximum atomic E-state index is 12.3. The first-order valence-electron chi connectivity index (χ1n) is 6.34. The lowest BCUT2D eigenvalue weighted by atomic mass is 10.1. The standard InChI is InChI=1S/C15H13N3O3/c1-21-13-3-2-10(16)6-9(13)8-18-14(19)11-4-5-17-7-12(11)15(18)20/h2-7H,8,16H2,1H3. The molecule has 0 radical (unpaired) electrons. The largest absolute Gasteiger partial charge is 0.496 e. The molecule has 3 rings (SSSR count). The van der Waals surface area contributed by atoms with Gasteiger partial charge in [-0.3, -0.25) is 19.5 Å². The Morgan fingerprint density at radius 3 is 2.67 bits per heavy atom. The Morgan fingerprint density at radius 1 is 1.19 bits per heavy atom. The summed E-state index contributed by atoms with van der Waals surface area (Å²) in [4.78, 5) is 29.6. The van der Waals surface area contributed by atoms with Crippen molar-refractivity contribution in [1.82, 2.24) is 9.88 Å². The van der Waals surface area contributed by atoms with E-state index in [9.17, 15) is 9.59 Å². The molecule has 1 aliphatic rings. The topological polar surface area (TPSA) is 85.5 Å². The Bertz CT molecular complexity index is 708. The number of benzene rings is 1. The number of nitrogen functional groups attached to an aromatic ring is 1. The van der Waals surface area contributed by atoms with Crippen LogP contribution in [0.5, 0.6) is 5.75 Å². The minimum Gasteiger partial charge on any atom is -0.496 e. The predicted octanol–water partition coefficient (Wildman–Crippen LogP) is 1.47. The van der Waals surface area contributed by atoms with E-state index in [0.717, 1.165) is 0 Å². The molecule has 0 aliphatic carbocycles. The smallest absolute Gasteiger partial charge is 0.263 e. The number of aromatic nitrogens is 1. The molecule has 2 N–H and O–H groups in total. The number of amides is 2. The Hall–Kier alpha value is -2.89. The van der Waals surface area contributed by atoms with Gasteiger partial charge in [0, 0.05) is 23.6 Å². The number of fused-ring (bicyclic) bond motifs is 1. The van der Waals surface area contributed by atoms with Crippen LogP contribution >= 0.6 is 0 Å². The van der Waals surface area contributed by atoms with Crippen LogP contribution in [0.3, 0.4) is 0 Å². The number of hydrogen-bond donors (Lipinski definition) is 1. The molecule has 2 heterocycles. The minimum absolute atomic E-state index is 0.112. The van der Waals surface area contributed by atoms with Crippen molar-refractivity contribution < 1.29 is 14.3 Å². The number of rotatable bonds is 3. The van der Waals surface area contributed by atoms with Gasteiger partial charge in [0.05, 0.1) is 24.8 Å². The first kappa shape index (κ1) is 13.1. The molecule has 1 aliphatic heterocycles. The Labute approximate surface area is 121 Å². The van der Waals surface area contributed by atoms with E-state index in [1.54, 1.807) is 24.3 Å². The molecule has 2 aromatic rings. The second-order valence-electron chi connectivity index (χ2n) is 4.69. The number of anilines is 1. The summed E-state index contributed by atoms with van der Waals surface area (Å²) < 4.78 is 5.24. The van der Waals surface area contributed by atoms with Gasteiger partial charge >= 0.3 is 0 Å². The lowest BCUT2D eigenvalue weighted by molar-refractivity contribution is 0.0641. The number of methoxy groups -OCH3 is 1. The van der Waals surface area contributed by atoms with Crippen molar-refractivity contribution in [2.45, 2.75) is 6.54 Å². The van der Waals surface area contributed by atoms with Gasteiger partial charge in [0.2, 0.25) is 0 Å². The van der Waals surface area contributed by atoms with Crippen LogP contribution < -0.4 is 10.5 Å². The van der Waals surface area contributed by atoms with E-state index in [4.69, 9.17) is 10.5 Å². The fourth-order valence-electron chi connectivity index (χ4n) is 2.37. The summed E-state index contributed by atoms with van der Waals surface area (Å²) in [6.45, 7) is 0.112. The highest BCUT2D eigenvalue weighted by atomic mass is 16.5. The van der Waals surface area contributed by atoms with E-state index in [2.05, 4.69) is 4.98 Å². The van der Waals surface area contributed by atoms with Gasteiger partial charge in [-0.1, -0.05) is 0 Å². The Balaban J connectivity index is 1.96. The van der Waals surface area contributed by atoms with Gasteiger partial charge in [0.15, 0.2) is 0 Å². The lowest BCUT2D eigenvalue weighted by Gasteiger charge is -2.16. The van der Waals surface area contributed by atoms with Gasteiger partial charge in [0.25, 0.3) is 11.8 Å². The Morgan fingerprint density at radius 2 is 1.95 bits per heavy atom. The van der Waals surface area contributed by atoms with E-state index < -0.39 is 0 Å². The molecule has 0 bridgehead atoms. The third kappa shape index (κ3) is 2.10. The third-order valence-corrected chi connectivity index (χ3v) is 3.41. The molecule has 0 atom stereocenters. The van der Waals surface area contributed by atoms with Crippen LogP contribution in [0, 0.1) is 0 Å². The van der Waals surface area contributed by atoms with E-state index in [1.807, 2.05) is 0 Å². The van der Waals surface area contributed by atoms with Gasteiger partial charge in [0.1, 0.15) is 5.75 Å². The fraction of sp³-hybridized carbons (Fsp3) is 0.133. The molecule has 0 unspecified atom stereocenters. The first-order chi connectivity index (χ1) is 10.1. The molecule has 1 aromatic heterocycles. The van der Waals surface area contributed by atoms with Gasteiger partial charge < -0.3 is 10.5 Å². The maximum Gasteiger partial charge on any atom is 0.263 e. The normalized spacial score (nSPS) is 13.5. The van der Waals surface area contributed by atoms with E-state index in [-0.39, 0.29) is 18.4 Å². The van der Waals surface area contributed by atoms with Crippen LogP contribution in [-0.4, -0.2) is 28.8 Å². The molecule has 0 fully saturated rings. The highest BCUT2D eigenvalue weighted by molar-refractivity contribution is 6.21. The summed E-state index contributed by atoms with van der Waals surface area (Å²) in [5.41, 5.74) is 7.68. The van der Waals surface area contributed by atoms with Crippen LogP contribution in [0.25, 0.3) is 0 Å². The lowest BCUT2D eigenvalue weighted by Crippen LogP contribution is -2.29. The monoisotopic (exact) mass is 283 g/mol. The molecular formula is C15H13N3O3. The maximum absolute atomic E-state index is 12.3. The third-order valence-electron chi connectivity index (χ3n) is 3.41. The highest BCUT2D eigenvalue weighted by Gasteiger charge is 2.35. The first-order valence-corrected chi connectivity index (χ1v) is 6.34. The molecule has 21 heavy (non-hydrogen) atoms. The number of imide groups is 1. The zero-order chi connectivity index (χ0) is 15.0. The second kappa shape index (κ2) is 4.90. The van der Waals surface area contributed by atoms with Crippen LogP contribution in [0.4, 0.5) is 5.69 Å². The van der Waals surface area contributed by atoms with Gasteiger partial charge in [-0.05, 0) is 24.3 Å². The molecule has 6 heteroatoms. The summed E-state index contributed by atoms with van der Waals surface area (Å²) in [6, 6.07) is 6.66. The van der Waals surface area contributed by atoms with Crippen LogP contribution in [-0.2, 0) is 6.54 Å². The summed E-state index contributed by atoms with van der Waals surface area (Å²) in [7, 11) is 1.53. The van der Waals surface area contributed by atoms with E-state index >= 15 is 0 Å². The number of nitrogens with zero attached hydrogens (tertiary/aromatic N) is 2. The summed E-state index contributed by atoms with van der Waals surface area (Å²) >= 11 is 0. The van der Waals surface area contributed by atoms with Crippen LogP contribution in [0.1, 0.15) is 26.3 Å². The SMILES string of the molecule is COc1ccc(N)cc1CN1C(=O)c2ccncc2C1=O. The average molecular weight is 283 g/mol. The average Bonchev–Trinajstić information content (AvgIpc) is 2.73. The van der Waals surface area contributed by atoms with Crippen molar-refractivity contribution in [1.29, 1.82) is 0 Å². The molecule has 106 valence electrons. The van der Waals surface area contributed by atoms with Crippen molar-refractivity contribution in [2.75, 3.05) is 12.8 Å². The molecule has 0 saturated carbocycles. The van der Waals surface area contributed by atoms with Crippen LogP contribution in [0.15, 0.2) is 36.7 Å². The van der Waals surface area contributed by atoms with Crippen LogP contribution in [0.2, 0.25) is 0 Å². The molecule has 6 nitrogen and oxygen atoms in total. The van der Waals surface area contributed by atoms with E-state index in [0.29, 0.717) is 28.1 Å². The summed E-state index contributed by atoms with van der Waals surface area (Å²) in [5, 5.41) is 0. The predicted molar refractivity (Wildman–Crippen MR) is 75.8 cm³/mol. The highest BCUT2D eigenvalue weighted by Crippen LogP contribution is 2.27. The van der Waals surface area contributed by atoms with Gasteiger partial charge in [-0.2, -0.15) is 0 Å². The number of pyridine rings is 1. The molecular weight excluding hydrogens is 270 g/mol. The molecule has 1 aromatic carbocycles. The van der Waals surface area contributed by atoms with Gasteiger partial charge in [-0.15, -0.1) is 0 Å². The quantitative estimate of drug-likeness (QED) is 0.681.